The molecule has 2 N–H and O–H groups in total. The van der Waals surface area contributed by atoms with Gasteiger partial charge in [0.25, 0.3) is 5.91 Å². The van der Waals surface area contributed by atoms with Gasteiger partial charge < -0.3 is 20.4 Å². The van der Waals surface area contributed by atoms with Gasteiger partial charge in [-0.25, -0.2) is 4.79 Å². The van der Waals surface area contributed by atoms with E-state index in [1.54, 1.807) is 0 Å². The van der Waals surface area contributed by atoms with Gasteiger partial charge in [0, 0.05) is 43.6 Å². The number of likely N-dealkylation sites (tertiary alicyclic amines) is 1. The fourth-order valence-corrected chi connectivity index (χ4v) is 5.00. The average molecular weight is 413 g/mol. The molecular formula is C24H36N4O2. The molecule has 3 aliphatic rings. The maximum Gasteiger partial charge on any atom is 0.319 e. The third kappa shape index (κ3) is 5.08. The molecule has 0 bridgehead atoms. The monoisotopic (exact) mass is 412 g/mol. The van der Waals surface area contributed by atoms with E-state index in [1.807, 2.05) is 23.1 Å². The van der Waals surface area contributed by atoms with Crippen molar-refractivity contribution in [3.8, 4) is 0 Å². The fraction of sp³-hybridized carbons (Fsp3) is 0.667. The molecule has 0 radical (unpaired) electrons. The SMILES string of the molecule is CC1CCN(c2ccc(NC(=O)NC3CCCCC3)cc2C(=O)N2CCCC2)CC1. The molecule has 4 rings (SSSR count). The zero-order chi connectivity index (χ0) is 20.9. The maximum absolute atomic E-state index is 13.3. The lowest BCUT2D eigenvalue weighted by molar-refractivity contribution is 0.0793. The average Bonchev–Trinajstić information content (AvgIpc) is 3.29. The lowest BCUT2D eigenvalue weighted by Gasteiger charge is -2.34. The van der Waals surface area contributed by atoms with Crippen molar-refractivity contribution >= 4 is 23.3 Å². The highest BCUT2D eigenvalue weighted by Crippen LogP contribution is 2.30. The van der Waals surface area contributed by atoms with Crippen LogP contribution in [0.25, 0.3) is 0 Å². The van der Waals surface area contributed by atoms with E-state index in [2.05, 4.69) is 22.5 Å². The van der Waals surface area contributed by atoms with Crippen LogP contribution in [0.1, 0.15) is 75.1 Å². The van der Waals surface area contributed by atoms with E-state index in [4.69, 9.17) is 0 Å². The van der Waals surface area contributed by atoms with Crippen molar-refractivity contribution in [2.45, 2.75) is 70.8 Å². The quantitative estimate of drug-likeness (QED) is 0.759. The van der Waals surface area contributed by atoms with Crippen LogP contribution < -0.4 is 15.5 Å². The van der Waals surface area contributed by atoms with Crippen molar-refractivity contribution in [3.05, 3.63) is 23.8 Å². The van der Waals surface area contributed by atoms with E-state index in [0.717, 1.165) is 81.9 Å². The molecule has 0 aromatic heterocycles. The molecule has 0 atom stereocenters. The Labute approximate surface area is 180 Å². The second kappa shape index (κ2) is 9.71. The number of hydrogen-bond acceptors (Lipinski definition) is 3. The van der Waals surface area contributed by atoms with Gasteiger partial charge >= 0.3 is 6.03 Å². The van der Waals surface area contributed by atoms with Crippen LogP contribution in [0.5, 0.6) is 0 Å². The normalized spacial score (nSPS) is 21.0. The van der Waals surface area contributed by atoms with Gasteiger partial charge in [0.2, 0.25) is 0 Å². The molecular weight excluding hydrogens is 376 g/mol. The molecule has 2 heterocycles. The minimum Gasteiger partial charge on any atom is -0.371 e. The number of benzene rings is 1. The Morgan fingerprint density at radius 1 is 0.900 bits per heavy atom. The molecule has 2 saturated heterocycles. The number of nitrogens with one attached hydrogen (secondary N) is 2. The molecule has 3 fully saturated rings. The van der Waals surface area contributed by atoms with Gasteiger partial charge in [-0.05, 0) is 62.6 Å². The molecule has 1 aromatic carbocycles. The molecule has 0 unspecified atom stereocenters. The standard InChI is InChI=1S/C24H36N4O2/c1-18-11-15-27(16-12-18)22-10-9-20(17-21(22)23(29)28-13-5-6-14-28)26-24(30)25-19-7-3-2-4-8-19/h9-10,17-19H,2-8,11-16H2,1H3,(H2,25,26,30). The summed E-state index contributed by atoms with van der Waals surface area (Å²) in [7, 11) is 0. The molecule has 2 aliphatic heterocycles. The van der Waals surface area contributed by atoms with Crippen molar-refractivity contribution in [3.63, 3.8) is 0 Å². The number of carbonyl (C=O) groups is 2. The van der Waals surface area contributed by atoms with E-state index >= 15 is 0 Å². The topological polar surface area (TPSA) is 64.7 Å². The highest BCUT2D eigenvalue weighted by Gasteiger charge is 2.26. The van der Waals surface area contributed by atoms with Crippen molar-refractivity contribution in [1.29, 1.82) is 0 Å². The predicted octanol–water partition coefficient (Wildman–Crippen LogP) is 4.61. The number of carbonyl (C=O) groups excluding carboxylic acids is 2. The Morgan fingerprint density at radius 3 is 2.30 bits per heavy atom. The number of nitrogens with zero attached hydrogens (tertiary/aromatic N) is 2. The van der Waals surface area contributed by atoms with Gasteiger partial charge in [0.15, 0.2) is 0 Å². The summed E-state index contributed by atoms with van der Waals surface area (Å²) in [4.78, 5) is 30.1. The van der Waals surface area contributed by atoms with Gasteiger partial charge in [0.05, 0.1) is 5.56 Å². The van der Waals surface area contributed by atoms with Crippen LogP contribution in [0.3, 0.4) is 0 Å². The van der Waals surface area contributed by atoms with Crippen molar-refractivity contribution in [2.24, 2.45) is 5.92 Å². The van der Waals surface area contributed by atoms with Crippen LogP contribution in [0.2, 0.25) is 0 Å². The molecule has 3 amide bonds. The second-order valence-electron chi connectivity index (χ2n) is 9.33. The summed E-state index contributed by atoms with van der Waals surface area (Å²) < 4.78 is 0. The van der Waals surface area contributed by atoms with E-state index in [-0.39, 0.29) is 18.0 Å². The van der Waals surface area contributed by atoms with Crippen molar-refractivity contribution < 1.29 is 9.59 Å². The first kappa shape index (κ1) is 21.0. The number of urea groups is 1. The summed E-state index contributed by atoms with van der Waals surface area (Å²) in [5, 5.41) is 6.07. The van der Waals surface area contributed by atoms with E-state index in [9.17, 15) is 9.59 Å². The molecule has 1 aliphatic carbocycles. The molecule has 0 spiro atoms. The minimum atomic E-state index is -0.166. The lowest BCUT2D eigenvalue weighted by Crippen LogP contribution is -2.39. The second-order valence-corrected chi connectivity index (χ2v) is 9.33. The number of anilines is 2. The molecule has 6 nitrogen and oxygen atoms in total. The first-order valence-corrected chi connectivity index (χ1v) is 11.9. The third-order valence-electron chi connectivity index (χ3n) is 6.94. The van der Waals surface area contributed by atoms with E-state index in [0.29, 0.717) is 5.69 Å². The molecule has 30 heavy (non-hydrogen) atoms. The Morgan fingerprint density at radius 2 is 1.60 bits per heavy atom. The van der Waals surface area contributed by atoms with Crippen LogP contribution in [-0.2, 0) is 0 Å². The number of amides is 3. The highest BCUT2D eigenvalue weighted by atomic mass is 16.2. The summed E-state index contributed by atoms with van der Waals surface area (Å²) in [6.07, 6.45) is 10.2. The third-order valence-corrected chi connectivity index (χ3v) is 6.94. The summed E-state index contributed by atoms with van der Waals surface area (Å²) in [6.45, 7) is 5.92. The Balaban J connectivity index is 1.51. The van der Waals surface area contributed by atoms with Gasteiger partial charge in [-0.2, -0.15) is 0 Å². The summed E-state index contributed by atoms with van der Waals surface area (Å²) >= 11 is 0. The van der Waals surface area contributed by atoms with Crippen LogP contribution in [0.15, 0.2) is 18.2 Å². The van der Waals surface area contributed by atoms with Gasteiger partial charge in [0.1, 0.15) is 0 Å². The Hall–Kier alpha value is -2.24. The number of rotatable bonds is 4. The van der Waals surface area contributed by atoms with Crippen LogP contribution in [0.4, 0.5) is 16.2 Å². The van der Waals surface area contributed by atoms with Crippen LogP contribution >= 0.6 is 0 Å². The Bertz CT molecular complexity index is 746. The number of hydrogen-bond donors (Lipinski definition) is 2. The molecule has 1 saturated carbocycles. The van der Waals surface area contributed by atoms with Crippen molar-refractivity contribution in [1.82, 2.24) is 10.2 Å². The Kier molecular flexibility index (Phi) is 6.80. The molecule has 6 heteroatoms. The van der Waals surface area contributed by atoms with Gasteiger partial charge in [-0.15, -0.1) is 0 Å². The first-order valence-electron chi connectivity index (χ1n) is 11.9. The van der Waals surface area contributed by atoms with E-state index in [1.165, 1.54) is 19.3 Å². The molecule has 1 aromatic rings. The zero-order valence-electron chi connectivity index (χ0n) is 18.3. The van der Waals surface area contributed by atoms with Gasteiger partial charge in [-0.1, -0.05) is 26.2 Å². The summed E-state index contributed by atoms with van der Waals surface area (Å²) in [5.74, 6) is 0.834. The van der Waals surface area contributed by atoms with Gasteiger partial charge in [-0.3, -0.25) is 4.79 Å². The summed E-state index contributed by atoms with van der Waals surface area (Å²) in [6, 6.07) is 5.94. The minimum absolute atomic E-state index is 0.0949. The maximum atomic E-state index is 13.3. The highest BCUT2D eigenvalue weighted by molar-refractivity contribution is 6.02. The number of piperidine rings is 1. The van der Waals surface area contributed by atoms with Crippen LogP contribution in [0, 0.1) is 5.92 Å². The van der Waals surface area contributed by atoms with Crippen molar-refractivity contribution in [2.75, 3.05) is 36.4 Å². The fourth-order valence-electron chi connectivity index (χ4n) is 5.00. The largest absolute Gasteiger partial charge is 0.371 e. The lowest BCUT2D eigenvalue weighted by atomic mass is 9.96. The smallest absolute Gasteiger partial charge is 0.319 e. The predicted molar refractivity (Wildman–Crippen MR) is 121 cm³/mol. The summed E-state index contributed by atoms with van der Waals surface area (Å²) in [5.41, 5.74) is 2.43. The van der Waals surface area contributed by atoms with E-state index < -0.39 is 0 Å². The zero-order valence-corrected chi connectivity index (χ0v) is 18.3. The molecule has 164 valence electrons. The first-order chi connectivity index (χ1) is 14.6. The van der Waals surface area contributed by atoms with Crippen LogP contribution in [-0.4, -0.2) is 49.1 Å².